The van der Waals surface area contributed by atoms with Crippen LogP contribution >= 0.6 is 12.6 Å². The predicted molar refractivity (Wildman–Crippen MR) is 130 cm³/mol. The van der Waals surface area contributed by atoms with Crippen molar-refractivity contribution in [1.82, 2.24) is 10.2 Å². The van der Waals surface area contributed by atoms with Crippen LogP contribution in [0.5, 0.6) is 5.75 Å². The van der Waals surface area contributed by atoms with Crippen LogP contribution in [0, 0.1) is 6.92 Å². The number of para-hydroxylation sites is 1. The maximum Gasteiger partial charge on any atom is 0.408 e. The second-order valence-corrected chi connectivity index (χ2v) is 8.99. The zero-order chi connectivity index (χ0) is 24.8. The number of carbonyl (C=O) groups is 3. The van der Waals surface area contributed by atoms with Crippen molar-refractivity contribution in [3.8, 4) is 5.75 Å². The molecule has 0 aliphatic carbocycles. The summed E-state index contributed by atoms with van der Waals surface area (Å²) in [6.45, 7) is 7.01. The number of likely N-dealkylation sites (N-methyl/N-ethyl adjacent to an activating group) is 1. The third kappa shape index (κ3) is 7.42. The molecule has 0 spiro atoms. The lowest BCUT2D eigenvalue weighted by Gasteiger charge is -2.31. The fraction of sp³-hybridized carbons (Fsp3) is 0.375. The van der Waals surface area contributed by atoms with Gasteiger partial charge in [0.15, 0.2) is 0 Å². The average Bonchev–Trinajstić information content (AvgIpc) is 2.73. The number of hydrogen-bond donors (Lipinski definition) is 4. The summed E-state index contributed by atoms with van der Waals surface area (Å²) in [7, 11) is 1.48. The molecule has 2 aromatic carbocycles. The normalized spacial score (nSPS) is 12.9. The van der Waals surface area contributed by atoms with Crippen molar-refractivity contribution in [3.05, 3.63) is 59.7 Å². The number of phenolic OH excluding ortho intramolecular Hbond substituents is 1. The van der Waals surface area contributed by atoms with Crippen molar-refractivity contribution in [1.29, 1.82) is 0 Å². The molecule has 33 heavy (non-hydrogen) atoms. The van der Waals surface area contributed by atoms with Gasteiger partial charge < -0.3 is 25.4 Å². The first-order valence-electron chi connectivity index (χ1n) is 10.5. The summed E-state index contributed by atoms with van der Waals surface area (Å²) >= 11 is 4.20. The van der Waals surface area contributed by atoms with Crippen molar-refractivity contribution in [2.24, 2.45) is 0 Å². The van der Waals surface area contributed by atoms with Gasteiger partial charge >= 0.3 is 6.09 Å². The topological polar surface area (TPSA) is 108 Å². The van der Waals surface area contributed by atoms with Crippen LogP contribution in [0.4, 0.5) is 10.5 Å². The van der Waals surface area contributed by atoms with Crippen LogP contribution < -0.4 is 10.6 Å². The highest BCUT2D eigenvalue weighted by atomic mass is 32.1. The second-order valence-electron chi connectivity index (χ2n) is 8.63. The zero-order valence-corrected chi connectivity index (χ0v) is 20.3. The number of nitrogens with zero attached hydrogens (tertiary/aromatic N) is 1. The van der Waals surface area contributed by atoms with Gasteiger partial charge in [0.05, 0.1) is 0 Å². The van der Waals surface area contributed by atoms with Gasteiger partial charge in [-0.05, 0) is 57.0 Å². The van der Waals surface area contributed by atoms with E-state index in [0.29, 0.717) is 11.3 Å². The van der Waals surface area contributed by atoms with E-state index in [-0.39, 0.29) is 11.5 Å². The smallest absolute Gasteiger partial charge is 0.408 e. The number of nitrogens with one attached hydrogen (secondary N) is 2. The summed E-state index contributed by atoms with van der Waals surface area (Å²) in [5, 5.41) is 15.0. The van der Waals surface area contributed by atoms with Gasteiger partial charge in [-0.25, -0.2) is 4.79 Å². The highest BCUT2D eigenvalue weighted by Gasteiger charge is 2.33. The number of carbonyl (C=O) groups excluding carboxylic acids is 3. The molecular weight excluding hydrogens is 442 g/mol. The SMILES string of the molecule is Cc1ccccc1NC(=O)C(c1ccc(O)cc1)N(C)C(=O)C(CS)NC(=O)OC(C)(C)C. The Morgan fingerprint density at radius 1 is 1.09 bits per heavy atom. The van der Waals surface area contributed by atoms with E-state index in [4.69, 9.17) is 4.74 Å². The first-order chi connectivity index (χ1) is 15.4. The number of rotatable bonds is 7. The van der Waals surface area contributed by atoms with Gasteiger partial charge in [-0.1, -0.05) is 30.3 Å². The van der Waals surface area contributed by atoms with Gasteiger partial charge in [0.1, 0.15) is 23.4 Å². The minimum Gasteiger partial charge on any atom is -0.508 e. The van der Waals surface area contributed by atoms with Crippen molar-refractivity contribution >= 4 is 36.2 Å². The van der Waals surface area contributed by atoms with Crippen LogP contribution in [-0.2, 0) is 14.3 Å². The first kappa shape index (κ1) is 26.1. The van der Waals surface area contributed by atoms with Gasteiger partial charge in [0.2, 0.25) is 5.91 Å². The molecule has 0 aromatic heterocycles. The maximum absolute atomic E-state index is 13.3. The van der Waals surface area contributed by atoms with Crippen LogP contribution in [0.25, 0.3) is 0 Å². The van der Waals surface area contributed by atoms with Gasteiger partial charge in [0.25, 0.3) is 5.91 Å². The average molecular weight is 474 g/mol. The molecule has 0 saturated heterocycles. The van der Waals surface area contributed by atoms with E-state index in [2.05, 4.69) is 23.3 Å². The second kappa shape index (κ2) is 11.1. The Morgan fingerprint density at radius 3 is 2.24 bits per heavy atom. The Kier molecular flexibility index (Phi) is 8.76. The zero-order valence-electron chi connectivity index (χ0n) is 19.5. The van der Waals surface area contributed by atoms with Crippen molar-refractivity contribution in [2.45, 2.75) is 45.4 Å². The largest absolute Gasteiger partial charge is 0.508 e. The summed E-state index contributed by atoms with van der Waals surface area (Å²) < 4.78 is 5.24. The van der Waals surface area contributed by atoms with Crippen LogP contribution in [0.1, 0.15) is 37.9 Å². The first-order valence-corrected chi connectivity index (χ1v) is 11.1. The molecule has 0 aliphatic rings. The predicted octanol–water partition coefficient (Wildman–Crippen LogP) is 3.66. The molecule has 8 nitrogen and oxygen atoms in total. The lowest BCUT2D eigenvalue weighted by atomic mass is 10.0. The number of benzene rings is 2. The number of phenols is 1. The maximum atomic E-state index is 13.3. The number of hydrogen-bond acceptors (Lipinski definition) is 6. The number of thiol groups is 1. The van der Waals surface area contributed by atoms with E-state index < -0.39 is 35.6 Å². The van der Waals surface area contributed by atoms with Gasteiger partial charge in [-0.15, -0.1) is 0 Å². The fourth-order valence-electron chi connectivity index (χ4n) is 3.13. The van der Waals surface area contributed by atoms with E-state index in [1.54, 1.807) is 45.0 Å². The molecule has 178 valence electrons. The fourth-order valence-corrected chi connectivity index (χ4v) is 3.38. The van der Waals surface area contributed by atoms with Crippen molar-refractivity contribution in [3.63, 3.8) is 0 Å². The number of aromatic hydroxyl groups is 1. The van der Waals surface area contributed by atoms with Crippen molar-refractivity contribution in [2.75, 3.05) is 18.1 Å². The third-order valence-electron chi connectivity index (χ3n) is 4.77. The van der Waals surface area contributed by atoms with Crippen LogP contribution in [0.15, 0.2) is 48.5 Å². The number of alkyl carbamates (subject to hydrolysis) is 1. The summed E-state index contributed by atoms with van der Waals surface area (Å²) in [4.78, 5) is 40.0. The Hall–Kier alpha value is -3.20. The Morgan fingerprint density at radius 2 is 1.70 bits per heavy atom. The molecule has 0 heterocycles. The molecule has 2 aromatic rings. The summed E-state index contributed by atoms with van der Waals surface area (Å²) in [6.07, 6.45) is -0.756. The van der Waals surface area contributed by atoms with Crippen LogP contribution in [0.3, 0.4) is 0 Å². The third-order valence-corrected chi connectivity index (χ3v) is 5.13. The minimum atomic E-state index is -1.03. The summed E-state index contributed by atoms with van der Waals surface area (Å²) in [5.41, 5.74) is 1.24. The lowest BCUT2D eigenvalue weighted by Crippen LogP contribution is -2.52. The quantitative estimate of drug-likeness (QED) is 0.459. The number of amides is 3. The standard InChI is InChI=1S/C24H31N3O5S/c1-15-8-6-7-9-18(15)25-21(29)20(16-10-12-17(28)13-11-16)27(5)22(30)19(14-33)26-23(31)32-24(2,3)4/h6-13,19-20,28,33H,14H2,1-5H3,(H,25,29)(H,26,31). The van der Waals surface area contributed by atoms with Crippen molar-refractivity contribution < 1.29 is 24.2 Å². The Bertz CT molecular complexity index is 988. The van der Waals surface area contributed by atoms with Gasteiger partial charge in [0, 0.05) is 18.5 Å². The molecule has 0 bridgehead atoms. The lowest BCUT2D eigenvalue weighted by molar-refractivity contribution is -0.138. The van der Waals surface area contributed by atoms with E-state index in [0.717, 1.165) is 5.56 Å². The van der Waals surface area contributed by atoms with Gasteiger partial charge in [-0.2, -0.15) is 12.6 Å². The molecule has 2 atom stereocenters. The summed E-state index contributed by atoms with van der Waals surface area (Å²) in [5.74, 6) is -0.926. The number of ether oxygens (including phenoxy) is 1. The highest BCUT2D eigenvalue weighted by molar-refractivity contribution is 7.80. The molecule has 9 heteroatoms. The molecule has 3 amide bonds. The Balaban J connectivity index is 2.31. The van der Waals surface area contributed by atoms with E-state index in [9.17, 15) is 19.5 Å². The molecule has 0 saturated carbocycles. The molecule has 0 fully saturated rings. The van der Waals surface area contributed by atoms with E-state index in [1.807, 2.05) is 19.1 Å². The van der Waals surface area contributed by atoms with E-state index in [1.165, 1.54) is 24.1 Å². The monoisotopic (exact) mass is 473 g/mol. The van der Waals surface area contributed by atoms with Gasteiger partial charge in [-0.3, -0.25) is 9.59 Å². The molecule has 3 N–H and O–H groups in total. The number of anilines is 1. The van der Waals surface area contributed by atoms with Crippen LogP contribution in [0.2, 0.25) is 0 Å². The molecule has 0 radical (unpaired) electrons. The molecule has 0 aliphatic heterocycles. The minimum absolute atomic E-state index is 0.00409. The molecule has 2 unspecified atom stereocenters. The highest BCUT2D eigenvalue weighted by Crippen LogP contribution is 2.25. The Labute approximate surface area is 199 Å². The summed E-state index contributed by atoms with van der Waals surface area (Å²) in [6, 6.07) is 11.3. The van der Waals surface area contributed by atoms with Crippen LogP contribution in [-0.4, -0.2) is 52.4 Å². The number of aryl methyl sites for hydroxylation is 1. The molecule has 2 rings (SSSR count). The molecular formula is C24H31N3O5S. The van der Waals surface area contributed by atoms with E-state index >= 15 is 0 Å².